The van der Waals surface area contributed by atoms with E-state index in [2.05, 4.69) is 45.9 Å². The van der Waals surface area contributed by atoms with E-state index in [0.29, 0.717) is 17.1 Å². The van der Waals surface area contributed by atoms with E-state index in [-0.39, 0.29) is 55.5 Å². The Morgan fingerprint density at radius 1 is 0.622 bits per heavy atom. The average Bonchev–Trinajstić information content (AvgIpc) is 3.60. The first kappa shape index (κ1) is 25.9. The molecule has 0 atom stereocenters. The maximum Gasteiger partial charge on any atom is 0.326 e. The van der Waals surface area contributed by atoms with Gasteiger partial charge >= 0.3 is 18.0 Å². The van der Waals surface area contributed by atoms with Gasteiger partial charge in [-0.15, -0.1) is 30.2 Å². The minimum absolute atomic E-state index is 0.0157. The summed E-state index contributed by atoms with van der Waals surface area (Å²) < 4.78 is 22.5. The van der Waals surface area contributed by atoms with E-state index in [4.69, 9.17) is 14.2 Å². The third-order valence-electron chi connectivity index (χ3n) is 5.02. The van der Waals surface area contributed by atoms with Gasteiger partial charge in [0.05, 0.1) is 24.1 Å². The molecule has 37 heavy (non-hydrogen) atoms. The van der Waals surface area contributed by atoms with Crippen molar-refractivity contribution >= 4 is 0 Å². The highest BCUT2D eigenvalue weighted by molar-refractivity contribution is 5.10. The van der Waals surface area contributed by atoms with Crippen molar-refractivity contribution in [3.8, 4) is 18.0 Å². The fourth-order valence-corrected chi connectivity index (χ4v) is 2.89. The molecule has 0 fully saturated rings. The third kappa shape index (κ3) is 6.95. The maximum absolute atomic E-state index is 5.77. The number of ether oxygens (including phenoxy) is 3. The highest BCUT2D eigenvalue weighted by atomic mass is 16.5. The smallest absolute Gasteiger partial charge is 0.326 e. The van der Waals surface area contributed by atoms with Crippen LogP contribution in [0.25, 0.3) is 0 Å². The largest absolute Gasteiger partial charge is 0.457 e. The summed E-state index contributed by atoms with van der Waals surface area (Å²) in [6.07, 6.45) is 5.42. The molecule has 0 aliphatic heterocycles. The van der Waals surface area contributed by atoms with E-state index in [0.717, 1.165) is 0 Å². The second-order valence-corrected chi connectivity index (χ2v) is 9.94. The summed E-state index contributed by atoms with van der Waals surface area (Å²) in [5.74, 6) is 0. The lowest BCUT2D eigenvalue weighted by atomic mass is 10.1. The molecular weight excluding hydrogens is 480 g/mol. The van der Waals surface area contributed by atoms with E-state index >= 15 is 0 Å². The second kappa shape index (κ2) is 10.8. The van der Waals surface area contributed by atoms with E-state index < -0.39 is 0 Å². The molecule has 0 saturated heterocycles. The van der Waals surface area contributed by atoms with E-state index in [1.807, 2.05) is 54.7 Å². The fraction of sp³-hybridized carbons (Fsp3) is 0.591. The molecule has 0 unspecified atom stereocenters. The zero-order valence-electron chi connectivity index (χ0n) is 22.1. The molecule has 0 bridgehead atoms. The van der Waals surface area contributed by atoms with Gasteiger partial charge in [-0.05, 0) is 48.5 Å². The molecule has 0 saturated carbocycles. The Labute approximate surface area is 214 Å². The van der Waals surface area contributed by atoms with Crippen LogP contribution in [0.4, 0.5) is 0 Å². The highest BCUT2D eigenvalue weighted by Crippen LogP contribution is 2.18. The lowest BCUT2D eigenvalue weighted by Crippen LogP contribution is -2.22. The van der Waals surface area contributed by atoms with Crippen molar-refractivity contribution in [2.75, 3.05) is 0 Å². The molecule has 4 rings (SSSR count). The molecular formula is C22H32N12O3. The van der Waals surface area contributed by atoms with E-state index in [9.17, 15) is 0 Å². The lowest BCUT2D eigenvalue weighted by Gasteiger charge is -2.17. The molecule has 4 aromatic rings. The summed E-state index contributed by atoms with van der Waals surface area (Å²) in [4.78, 5) is 12.8. The minimum atomic E-state index is -0.199. The molecule has 0 aromatic carbocycles. The topological polar surface area (TPSA) is 158 Å². The number of aromatic nitrogens is 12. The lowest BCUT2D eigenvalue weighted by molar-refractivity contribution is 0.219. The SMILES string of the molecule is CC(C)n1cc(COc2nc(OCc3cn(C(C)C)nn3)nc(OCc3cn(C(C)(C)C)nn3)n2)nn1. The normalized spacial score (nSPS) is 11.9. The molecule has 0 N–H and O–H groups in total. The van der Waals surface area contributed by atoms with E-state index in [1.165, 1.54) is 0 Å². The quantitative estimate of drug-likeness (QED) is 0.289. The van der Waals surface area contributed by atoms with Crippen molar-refractivity contribution in [2.24, 2.45) is 0 Å². The van der Waals surface area contributed by atoms with Gasteiger partial charge in [0.25, 0.3) is 0 Å². The standard InChI is InChI=1S/C22H32N12O3/c1-14(2)32-8-16(26-29-32)11-35-19-23-20(36-12-17-9-33(15(3)4)30-27-17)25-21(24-19)37-13-18-10-34(31-28-18)22(5,6)7/h8-10,14-15H,11-13H2,1-7H3. The Balaban J connectivity index is 1.47. The second-order valence-electron chi connectivity index (χ2n) is 9.94. The Morgan fingerprint density at radius 2 is 1.00 bits per heavy atom. The molecule has 4 aromatic heterocycles. The van der Waals surface area contributed by atoms with Gasteiger partial charge in [0.2, 0.25) is 0 Å². The molecule has 0 radical (unpaired) electrons. The van der Waals surface area contributed by atoms with Crippen molar-refractivity contribution < 1.29 is 14.2 Å². The summed E-state index contributed by atoms with van der Waals surface area (Å²) in [6, 6.07) is 0.417. The summed E-state index contributed by atoms with van der Waals surface area (Å²) in [6.45, 7) is 14.5. The van der Waals surface area contributed by atoms with Crippen molar-refractivity contribution in [3.63, 3.8) is 0 Å². The van der Waals surface area contributed by atoms with Gasteiger partial charge in [-0.1, -0.05) is 15.6 Å². The zero-order valence-corrected chi connectivity index (χ0v) is 22.1. The van der Waals surface area contributed by atoms with Gasteiger partial charge in [0, 0.05) is 12.1 Å². The van der Waals surface area contributed by atoms with Crippen molar-refractivity contribution in [3.05, 3.63) is 35.7 Å². The van der Waals surface area contributed by atoms with Crippen molar-refractivity contribution in [2.45, 2.75) is 85.9 Å². The molecule has 0 spiro atoms. The van der Waals surface area contributed by atoms with Crippen LogP contribution in [0.2, 0.25) is 0 Å². The van der Waals surface area contributed by atoms with Crippen LogP contribution >= 0.6 is 0 Å². The molecule has 15 nitrogen and oxygen atoms in total. The zero-order chi connectivity index (χ0) is 26.6. The van der Waals surface area contributed by atoms with Crippen molar-refractivity contribution in [1.29, 1.82) is 0 Å². The first-order valence-corrected chi connectivity index (χ1v) is 11.9. The van der Waals surface area contributed by atoms with Crippen LogP contribution in [-0.2, 0) is 25.4 Å². The van der Waals surface area contributed by atoms with Gasteiger partial charge in [0.15, 0.2) is 0 Å². The van der Waals surface area contributed by atoms with Gasteiger partial charge < -0.3 is 14.2 Å². The van der Waals surface area contributed by atoms with Crippen LogP contribution in [0.5, 0.6) is 18.0 Å². The van der Waals surface area contributed by atoms with Gasteiger partial charge in [-0.25, -0.2) is 14.0 Å². The van der Waals surface area contributed by atoms with E-state index in [1.54, 1.807) is 26.4 Å². The number of hydrogen-bond acceptors (Lipinski definition) is 12. The molecule has 15 heteroatoms. The fourth-order valence-electron chi connectivity index (χ4n) is 2.89. The monoisotopic (exact) mass is 512 g/mol. The Morgan fingerprint density at radius 3 is 1.32 bits per heavy atom. The summed E-state index contributed by atoms with van der Waals surface area (Å²) in [7, 11) is 0. The average molecular weight is 513 g/mol. The third-order valence-corrected chi connectivity index (χ3v) is 5.02. The van der Waals surface area contributed by atoms with Gasteiger partial charge in [-0.2, -0.15) is 0 Å². The predicted octanol–water partition coefficient (Wildman–Crippen LogP) is 2.30. The Bertz CT molecular complexity index is 1240. The maximum atomic E-state index is 5.77. The van der Waals surface area contributed by atoms with Crippen LogP contribution in [0.1, 0.15) is 77.6 Å². The molecule has 198 valence electrons. The Hall–Kier alpha value is -4.17. The highest BCUT2D eigenvalue weighted by Gasteiger charge is 2.17. The van der Waals surface area contributed by atoms with Crippen LogP contribution in [0.3, 0.4) is 0 Å². The van der Waals surface area contributed by atoms with Crippen molar-refractivity contribution in [1.82, 2.24) is 59.9 Å². The number of rotatable bonds is 11. The first-order chi connectivity index (χ1) is 17.6. The molecule has 0 amide bonds. The van der Waals surface area contributed by atoms with Gasteiger partial charge in [-0.3, -0.25) is 0 Å². The summed E-state index contributed by atoms with van der Waals surface area (Å²) in [5, 5.41) is 24.7. The molecule has 0 aliphatic carbocycles. The minimum Gasteiger partial charge on any atom is -0.457 e. The van der Waals surface area contributed by atoms with Gasteiger partial charge in [0.1, 0.15) is 36.9 Å². The molecule has 0 aliphatic rings. The molecule has 4 heterocycles. The van der Waals surface area contributed by atoms with Crippen LogP contribution in [-0.4, -0.2) is 59.9 Å². The summed E-state index contributed by atoms with van der Waals surface area (Å²) >= 11 is 0. The predicted molar refractivity (Wildman–Crippen MR) is 129 cm³/mol. The van der Waals surface area contributed by atoms with Crippen LogP contribution < -0.4 is 14.2 Å². The number of hydrogen-bond donors (Lipinski definition) is 0. The number of nitrogens with zero attached hydrogens (tertiary/aromatic N) is 12. The summed E-state index contributed by atoms with van der Waals surface area (Å²) in [5.41, 5.74) is 1.68. The Kier molecular flexibility index (Phi) is 7.59. The van der Waals surface area contributed by atoms with Crippen LogP contribution in [0, 0.1) is 0 Å². The first-order valence-electron chi connectivity index (χ1n) is 11.9. The van der Waals surface area contributed by atoms with Crippen LogP contribution in [0.15, 0.2) is 18.6 Å².